The molecule has 1 aliphatic heterocycles. The Bertz CT molecular complexity index is 370. The van der Waals surface area contributed by atoms with Crippen molar-refractivity contribution in [3.8, 4) is 0 Å². The summed E-state index contributed by atoms with van der Waals surface area (Å²) < 4.78 is 0. The second-order valence-corrected chi connectivity index (χ2v) is 6.60. The monoisotopic (exact) mass is 311 g/mol. The van der Waals surface area contributed by atoms with Crippen molar-refractivity contribution in [3.63, 3.8) is 0 Å². The molecule has 126 valence electrons. The minimum absolute atomic E-state index is 0.192. The highest BCUT2D eigenvalue weighted by molar-refractivity contribution is 5.82. The van der Waals surface area contributed by atoms with Gasteiger partial charge >= 0.3 is 5.97 Å². The van der Waals surface area contributed by atoms with E-state index in [0.29, 0.717) is 6.54 Å². The van der Waals surface area contributed by atoms with Crippen molar-refractivity contribution in [1.82, 2.24) is 15.1 Å². The van der Waals surface area contributed by atoms with E-state index in [4.69, 9.17) is 5.11 Å². The van der Waals surface area contributed by atoms with Gasteiger partial charge in [-0.05, 0) is 38.3 Å². The number of carbonyl (C=O) groups excluding carboxylic acids is 1. The highest BCUT2D eigenvalue weighted by Gasteiger charge is 2.21. The first kappa shape index (κ1) is 17.2. The Morgan fingerprint density at radius 2 is 1.64 bits per heavy atom. The number of amides is 1. The van der Waals surface area contributed by atoms with Crippen molar-refractivity contribution < 1.29 is 14.7 Å². The van der Waals surface area contributed by atoms with Crippen LogP contribution in [0.5, 0.6) is 0 Å². The van der Waals surface area contributed by atoms with E-state index in [1.54, 1.807) is 0 Å². The number of hydrogen-bond acceptors (Lipinski definition) is 4. The molecule has 0 unspecified atom stereocenters. The molecule has 2 aliphatic rings. The lowest BCUT2D eigenvalue weighted by atomic mass is 9.89. The maximum atomic E-state index is 11.7. The van der Waals surface area contributed by atoms with Crippen LogP contribution in [-0.2, 0) is 9.59 Å². The first-order valence-electron chi connectivity index (χ1n) is 8.56. The molecular formula is C16H29N3O3. The molecule has 0 bridgehead atoms. The predicted molar refractivity (Wildman–Crippen MR) is 84.7 cm³/mol. The zero-order chi connectivity index (χ0) is 15.8. The molecule has 0 aromatic heterocycles. The molecule has 2 N–H and O–H groups in total. The quantitative estimate of drug-likeness (QED) is 0.758. The third kappa shape index (κ3) is 6.32. The molecule has 0 aromatic rings. The Kier molecular flexibility index (Phi) is 7.12. The zero-order valence-corrected chi connectivity index (χ0v) is 13.4. The number of nitrogens with one attached hydrogen (secondary N) is 1. The van der Waals surface area contributed by atoms with Gasteiger partial charge in [0.15, 0.2) is 0 Å². The molecule has 1 amide bonds. The fraction of sp³-hybridized carbons (Fsp3) is 0.875. The molecule has 0 atom stereocenters. The van der Waals surface area contributed by atoms with Gasteiger partial charge in [-0.15, -0.1) is 0 Å². The first-order valence-corrected chi connectivity index (χ1v) is 8.56. The van der Waals surface area contributed by atoms with Crippen LogP contribution in [0.3, 0.4) is 0 Å². The summed E-state index contributed by atoms with van der Waals surface area (Å²) in [6.45, 7) is 5.17. The van der Waals surface area contributed by atoms with Crippen molar-refractivity contribution >= 4 is 11.9 Å². The lowest BCUT2D eigenvalue weighted by molar-refractivity contribution is -0.138. The second-order valence-electron chi connectivity index (χ2n) is 6.60. The number of carbonyl (C=O) groups is 2. The third-order valence-electron chi connectivity index (χ3n) is 4.73. The molecule has 0 aromatic carbocycles. The van der Waals surface area contributed by atoms with E-state index in [1.165, 1.54) is 38.6 Å². The van der Waals surface area contributed by atoms with Crippen molar-refractivity contribution in [2.75, 3.05) is 45.8 Å². The van der Waals surface area contributed by atoms with Crippen LogP contribution in [0.4, 0.5) is 0 Å². The maximum absolute atomic E-state index is 11.7. The van der Waals surface area contributed by atoms with Crippen LogP contribution < -0.4 is 5.32 Å². The third-order valence-corrected chi connectivity index (χ3v) is 4.73. The summed E-state index contributed by atoms with van der Waals surface area (Å²) >= 11 is 0. The van der Waals surface area contributed by atoms with Gasteiger partial charge in [-0.3, -0.25) is 14.5 Å². The number of carboxylic acid groups (broad SMARTS) is 1. The molecule has 0 radical (unpaired) electrons. The van der Waals surface area contributed by atoms with E-state index >= 15 is 0 Å². The summed E-state index contributed by atoms with van der Waals surface area (Å²) in [6.07, 6.45) is 7.99. The van der Waals surface area contributed by atoms with Crippen LogP contribution in [0, 0.1) is 5.92 Å². The Labute approximate surface area is 132 Å². The average Bonchev–Trinajstić information content (AvgIpc) is 2.72. The molecule has 6 heteroatoms. The Balaban J connectivity index is 1.67. The first-order chi connectivity index (χ1) is 10.6. The number of nitrogens with zero attached hydrogens (tertiary/aromatic N) is 2. The van der Waals surface area contributed by atoms with Gasteiger partial charge in [0, 0.05) is 19.6 Å². The molecule has 1 saturated heterocycles. The smallest absolute Gasteiger partial charge is 0.322 e. The summed E-state index contributed by atoms with van der Waals surface area (Å²) in [4.78, 5) is 26.8. The van der Waals surface area contributed by atoms with E-state index < -0.39 is 5.97 Å². The lowest BCUT2D eigenvalue weighted by Crippen LogP contribution is -2.41. The van der Waals surface area contributed by atoms with Crippen molar-refractivity contribution in [2.45, 2.75) is 38.5 Å². The fourth-order valence-electron chi connectivity index (χ4n) is 3.53. The van der Waals surface area contributed by atoms with Gasteiger partial charge in [-0.1, -0.05) is 19.3 Å². The van der Waals surface area contributed by atoms with Crippen LogP contribution in [-0.4, -0.2) is 72.6 Å². The van der Waals surface area contributed by atoms with Gasteiger partial charge < -0.3 is 15.3 Å². The summed E-state index contributed by atoms with van der Waals surface area (Å²) in [7, 11) is 0. The van der Waals surface area contributed by atoms with Crippen molar-refractivity contribution in [3.05, 3.63) is 0 Å². The van der Waals surface area contributed by atoms with Crippen LogP contribution >= 0.6 is 0 Å². The van der Waals surface area contributed by atoms with Crippen molar-refractivity contribution in [2.24, 2.45) is 5.92 Å². The van der Waals surface area contributed by atoms with Crippen molar-refractivity contribution in [1.29, 1.82) is 0 Å². The minimum atomic E-state index is -0.997. The summed E-state index contributed by atoms with van der Waals surface area (Å²) in [5, 5.41) is 11.0. The SMILES string of the molecule is O=C(O)CNC(=O)CN1CCCN(CC2CCCCC2)CC1. The van der Waals surface area contributed by atoms with Gasteiger partial charge in [0.25, 0.3) is 0 Å². The topological polar surface area (TPSA) is 72.9 Å². The number of hydrogen-bond donors (Lipinski definition) is 2. The van der Waals surface area contributed by atoms with Gasteiger partial charge in [-0.2, -0.15) is 0 Å². The Hall–Kier alpha value is -1.14. The van der Waals surface area contributed by atoms with E-state index in [9.17, 15) is 9.59 Å². The molecule has 0 spiro atoms. The van der Waals surface area contributed by atoms with Gasteiger partial charge in [0.2, 0.25) is 5.91 Å². The molecule has 1 aliphatic carbocycles. The maximum Gasteiger partial charge on any atom is 0.322 e. The molecule has 1 saturated carbocycles. The fourth-order valence-corrected chi connectivity index (χ4v) is 3.53. The molecule has 1 heterocycles. The molecule has 2 rings (SSSR count). The second kappa shape index (κ2) is 9.10. The molecule has 2 fully saturated rings. The van der Waals surface area contributed by atoms with E-state index in [-0.39, 0.29) is 12.5 Å². The molecular weight excluding hydrogens is 282 g/mol. The van der Waals surface area contributed by atoms with Gasteiger partial charge in [-0.25, -0.2) is 0 Å². The number of carboxylic acids is 1. The molecule has 6 nitrogen and oxygen atoms in total. The van der Waals surface area contributed by atoms with E-state index in [1.807, 2.05) is 0 Å². The zero-order valence-electron chi connectivity index (χ0n) is 13.4. The average molecular weight is 311 g/mol. The molecule has 22 heavy (non-hydrogen) atoms. The minimum Gasteiger partial charge on any atom is -0.480 e. The van der Waals surface area contributed by atoms with Crippen LogP contribution in [0.15, 0.2) is 0 Å². The highest BCUT2D eigenvalue weighted by atomic mass is 16.4. The van der Waals surface area contributed by atoms with Crippen LogP contribution in [0.25, 0.3) is 0 Å². The Morgan fingerprint density at radius 3 is 2.36 bits per heavy atom. The number of rotatable bonds is 6. The lowest BCUT2D eigenvalue weighted by Gasteiger charge is -2.28. The van der Waals surface area contributed by atoms with Crippen LogP contribution in [0.2, 0.25) is 0 Å². The summed E-state index contributed by atoms with van der Waals surface area (Å²) in [5.74, 6) is -0.329. The van der Waals surface area contributed by atoms with E-state index in [2.05, 4.69) is 15.1 Å². The summed E-state index contributed by atoms with van der Waals surface area (Å²) in [6, 6.07) is 0. The summed E-state index contributed by atoms with van der Waals surface area (Å²) in [5.41, 5.74) is 0. The highest BCUT2D eigenvalue weighted by Crippen LogP contribution is 2.24. The predicted octanol–water partition coefficient (Wildman–Crippen LogP) is 0.775. The van der Waals surface area contributed by atoms with Crippen LogP contribution in [0.1, 0.15) is 38.5 Å². The largest absolute Gasteiger partial charge is 0.480 e. The van der Waals surface area contributed by atoms with Gasteiger partial charge in [0.05, 0.1) is 6.54 Å². The van der Waals surface area contributed by atoms with Gasteiger partial charge in [0.1, 0.15) is 6.54 Å². The Morgan fingerprint density at radius 1 is 0.955 bits per heavy atom. The normalized spacial score (nSPS) is 22.2. The van der Waals surface area contributed by atoms with E-state index in [0.717, 1.165) is 38.5 Å². The number of aliphatic carboxylic acids is 1. The standard InChI is InChI=1S/C16H29N3O3/c20-15(17-11-16(21)22)13-19-8-4-7-18(9-10-19)12-14-5-2-1-3-6-14/h14H,1-13H2,(H,17,20)(H,21,22).